The van der Waals surface area contributed by atoms with Crippen LogP contribution in [0.1, 0.15) is 17.0 Å². The van der Waals surface area contributed by atoms with Crippen molar-refractivity contribution in [1.82, 2.24) is 10.6 Å². The smallest absolute Gasteiger partial charge is 0.166 e. The monoisotopic (exact) mass is 296 g/mol. The van der Waals surface area contributed by atoms with E-state index in [-0.39, 0.29) is 5.92 Å². The van der Waals surface area contributed by atoms with E-state index in [4.69, 9.17) is 12.2 Å². The zero-order valence-electron chi connectivity index (χ0n) is 12.0. The highest BCUT2D eigenvalue weighted by Gasteiger charge is 2.13. The molecule has 0 heterocycles. The Labute approximate surface area is 131 Å². The Hall–Kier alpha value is -2.13. The standard InChI is InChI=1S/C18H20N2S/c1-2-13-19-18(21)20-14-17(15-9-5-3-6-10-15)16-11-7-4-8-12-16/h2-12,17H,1,13-14H2,(H2,19,20,21). The van der Waals surface area contributed by atoms with Crippen LogP contribution in [0.4, 0.5) is 0 Å². The molecule has 21 heavy (non-hydrogen) atoms. The molecule has 0 aliphatic heterocycles. The number of nitrogens with one attached hydrogen (secondary N) is 2. The predicted molar refractivity (Wildman–Crippen MR) is 93.5 cm³/mol. The first-order valence-electron chi connectivity index (χ1n) is 7.03. The second-order valence-electron chi connectivity index (χ2n) is 4.75. The van der Waals surface area contributed by atoms with E-state index in [1.807, 2.05) is 12.1 Å². The van der Waals surface area contributed by atoms with E-state index in [1.54, 1.807) is 6.08 Å². The summed E-state index contributed by atoms with van der Waals surface area (Å²) in [5, 5.41) is 7.04. The molecule has 0 bridgehead atoms. The molecule has 0 amide bonds. The van der Waals surface area contributed by atoms with Crippen LogP contribution in [0.15, 0.2) is 73.3 Å². The Bertz CT molecular complexity index is 527. The first-order valence-corrected chi connectivity index (χ1v) is 7.44. The summed E-state index contributed by atoms with van der Waals surface area (Å²) in [6, 6.07) is 21.0. The van der Waals surface area contributed by atoms with Gasteiger partial charge in [0.2, 0.25) is 0 Å². The first kappa shape index (κ1) is 15.3. The van der Waals surface area contributed by atoms with Crippen LogP contribution in [0.5, 0.6) is 0 Å². The Balaban J connectivity index is 2.10. The minimum atomic E-state index is 0.274. The Morgan fingerprint density at radius 3 is 1.95 bits per heavy atom. The molecular weight excluding hydrogens is 276 g/mol. The molecule has 2 N–H and O–H groups in total. The van der Waals surface area contributed by atoms with E-state index in [0.29, 0.717) is 11.7 Å². The summed E-state index contributed by atoms with van der Waals surface area (Å²) >= 11 is 5.27. The van der Waals surface area contributed by atoms with Crippen molar-refractivity contribution in [2.75, 3.05) is 13.1 Å². The van der Waals surface area contributed by atoms with Crippen LogP contribution in [-0.2, 0) is 0 Å². The molecule has 0 atom stereocenters. The largest absolute Gasteiger partial charge is 0.362 e. The van der Waals surface area contributed by atoms with Crippen molar-refractivity contribution in [3.05, 3.63) is 84.4 Å². The Morgan fingerprint density at radius 1 is 0.952 bits per heavy atom. The van der Waals surface area contributed by atoms with Crippen molar-refractivity contribution in [3.8, 4) is 0 Å². The van der Waals surface area contributed by atoms with E-state index in [2.05, 4.69) is 65.7 Å². The van der Waals surface area contributed by atoms with Gasteiger partial charge in [0.05, 0.1) is 0 Å². The Morgan fingerprint density at radius 2 is 1.48 bits per heavy atom. The van der Waals surface area contributed by atoms with Gasteiger partial charge in [-0.05, 0) is 23.3 Å². The lowest BCUT2D eigenvalue weighted by atomic mass is 9.91. The number of benzene rings is 2. The van der Waals surface area contributed by atoms with Crippen LogP contribution in [-0.4, -0.2) is 18.2 Å². The van der Waals surface area contributed by atoms with Gasteiger partial charge < -0.3 is 10.6 Å². The fourth-order valence-electron chi connectivity index (χ4n) is 2.22. The topological polar surface area (TPSA) is 24.1 Å². The fraction of sp³-hybridized carbons (Fsp3) is 0.167. The van der Waals surface area contributed by atoms with Gasteiger partial charge in [0.1, 0.15) is 0 Å². The molecule has 108 valence electrons. The summed E-state index contributed by atoms with van der Waals surface area (Å²) in [6.07, 6.45) is 1.79. The van der Waals surface area contributed by atoms with Crippen LogP contribution >= 0.6 is 12.2 Å². The average molecular weight is 296 g/mol. The maximum Gasteiger partial charge on any atom is 0.166 e. The molecule has 0 saturated heterocycles. The third-order valence-corrected chi connectivity index (χ3v) is 3.57. The Kier molecular flexibility index (Phi) is 5.98. The molecule has 0 aromatic heterocycles. The summed E-state index contributed by atoms with van der Waals surface area (Å²) in [4.78, 5) is 0. The zero-order valence-corrected chi connectivity index (χ0v) is 12.8. The van der Waals surface area contributed by atoms with Gasteiger partial charge in [-0.2, -0.15) is 0 Å². The molecule has 2 aromatic carbocycles. The molecule has 3 heteroatoms. The maximum absolute atomic E-state index is 5.27. The lowest BCUT2D eigenvalue weighted by Gasteiger charge is -2.20. The van der Waals surface area contributed by atoms with E-state index in [0.717, 1.165) is 6.54 Å². The highest BCUT2D eigenvalue weighted by Crippen LogP contribution is 2.23. The third-order valence-electron chi connectivity index (χ3n) is 3.28. The molecule has 0 radical (unpaired) electrons. The number of hydrogen-bond donors (Lipinski definition) is 2. The van der Waals surface area contributed by atoms with Crippen molar-refractivity contribution in [1.29, 1.82) is 0 Å². The van der Waals surface area contributed by atoms with Gasteiger partial charge in [-0.25, -0.2) is 0 Å². The normalized spacial score (nSPS) is 10.1. The van der Waals surface area contributed by atoms with Gasteiger partial charge in [0.15, 0.2) is 5.11 Å². The van der Waals surface area contributed by atoms with E-state index >= 15 is 0 Å². The molecule has 0 unspecified atom stereocenters. The highest BCUT2D eigenvalue weighted by atomic mass is 32.1. The van der Waals surface area contributed by atoms with Gasteiger partial charge in [-0.3, -0.25) is 0 Å². The minimum absolute atomic E-state index is 0.274. The molecule has 0 fully saturated rings. The number of hydrogen-bond acceptors (Lipinski definition) is 1. The summed E-state index contributed by atoms with van der Waals surface area (Å²) < 4.78 is 0. The van der Waals surface area contributed by atoms with Crippen LogP contribution in [0.2, 0.25) is 0 Å². The molecule has 0 saturated carbocycles. The average Bonchev–Trinajstić information content (AvgIpc) is 2.55. The van der Waals surface area contributed by atoms with Gasteiger partial charge in [-0.1, -0.05) is 66.7 Å². The summed E-state index contributed by atoms with van der Waals surface area (Å²) in [5.74, 6) is 0.274. The SMILES string of the molecule is C=CCNC(=S)NCC(c1ccccc1)c1ccccc1. The first-order chi connectivity index (χ1) is 10.3. The fourth-order valence-corrected chi connectivity index (χ4v) is 2.39. The van der Waals surface area contributed by atoms with Crippen LogP contribution in [0.25, 0.3) is 0 Å². The summed E-state index contributed by atoms with van der Waals surface area (Å²) in [5.41, 5.74) is 2.56. The van der Waals surface area contributed by atoms with Crippen LogP contribution in [0.3, 0.4) is 0 Å². The highest BCUT2D eigenvalue weighted by molar-refractivity contribution is 7.80. The van der Waals surface area contributed by atoms with E-state index in [1.165, 1.54) is 11.1 Å². The van der Waals surface area contributed by atoms with E-state index in [9.17, 15) is 0 Å². The molecule has 0 aliphatic rings. The third kappa shape index (κ3) is 4.72. The molecule has 2 rings (SSSR count). The summed E-state index contributed by atoms with van der Waals surface area (Å²) in [6.45, 7) is 5.11. The van der Waals surface area contributed by atoms with Crippen LogP contribution < -0.4 is 10.6 Å². The van der Waals surface area contributed by atoms with Gasteiger partial charge >= 0.3 is 0 Å². The van der Waals surface area contributed by atoms with Crippen molar-refractivity contribution in [3.63, 3.8) is 0 Å². The van der Waals surface area contributed by atoms with E-state index < -0.39 is 0 Å². The lowest BCUT2D eigenvalue weighted by molar-refractivity contribution is 0.747. The summed E-state index contributed by atoms with van der Waals surface area (Å²) in [7, 11) is 0. The lowest BCUT2D eigenvalue weighted by Crippen LogP contribution is -2.37. The number of thiocarbonyl (C=S) groups is 1. The van der Waals surface area contributed by atoms with Crippen molar-refractivity contribution in [2.24, 2.45) is 0 Å². The molecule has 2 nitrogen and oxygen atoms in total. The number of rotatable bonds is 6. The molecule has 2 aromatic rings. The second-order valence-corrected chi connectivity index (χ2v) is 5.16. The van der Waals surface area contributed by atoms with Gasteiger partial charge in [-0.15, -0.1) is 6.58 Å². The van der Waals surface area contributed by atoms with Gasteiger partial charge in [0.25, 0.3) is 0 Å². The van der Waals surface area contributed by atoms with Crippen LogP contribution in [0, 0.1) is 0 Å². The van der Waals surface area contributed by atoms with Crippen molar-refractivity contribution in [2.45, 2.75) is 5.92 Å². The minimum Gasteiger partial charge on any atom is -0.362 e. The van der Waals surface area contributed by atoms with Crippen molar-refractivity contribution >= 4 is 17.3 Å². The predicted octanol–water partition coefficient (Wildman–Crippen LogP) is 3.47. The molecule has 0 spiro atoms. The van der Waals surface area contributed by atoms with Crippen molar-refractivity contribution < 1.29 is 0 Å². The molecule has 0 aliphatic carbocycles. The maximum atomic E-state index is 5.27. The van der Waals surface area contributed by atoms with Gasteiger partial charge in [0, 0.05) is 19.0 Å². The quantitative estimate of drug-likeness (QED) is 0.630. The molecular formula is C18H20N2S. The zero-order chi connectivity index (χ0) is 14.9. The second kappa shape index (κ2) is 8.22.